The Morgan fingerprint density at radius 3 is 0.836 bits per heavy atom. The topological polar surface area (TPSA) is 78.9 Å². The van der Waals surface area contributed by atoms with Gasteiger partial charge in [-0.05, 0) is 116 Å². The van der Waals surface area contributed by atoms with Crippen LogP contribution in [0.5, 0.6) is 0 Å². The molecule has 67 heavy (non-hydrogen) atoms. The largest absolute Gasteiger partial charge is 0.462 e. The van der Waals surface area contributed by atoms with Gasteiger partial charge in [0.25, 0.3) is 0 Å². The van der Waals surface area contributed by atoms with Crippen molar-refractivity contribution in [2.75, 3.05) is 13.2 Å². The van der Waals surface area contributed by atoms with Gasteiger partial charge in [0, 0.05) is 19.3 Å². The maximum atomic E-state index is 12.8. The van der Waals surface area contributed by atoms with Crippen LogP contribution in [-0.2, 0) is 28.6 Å². The van der Waals surface area contributed by atoms with Gasteiger partial charge in [-0.2, -0.15) is 0 Å². The number of hydrogen-bond donors (Lipinski definition) is 0. The molecule has 0 aliphatic carbocycles. The van der Waals surface area contributed by atoms with E-state index in [1.165, 1.54) is 57.8 Å². The van der Waals surface area contributed by atoms with Crippen molar-refractivity contribution in [1.29, 1.82) is 0 Å². The highest BCUT2D eigenvalue weighted by atomic mass is 16.6. The number of carbonyl (C=O) groups is 3. The number of esters is 3. The van der Waals surface area contributed by atoms with Gasteiger partial charge in [-0.3, -0.25) is 14.4 Å². The monoisotopic (exact) mass is 929 g/mol. The van der Waals surface area contributed by atoms with Gasteiger partial charge < -0.3 is 14.2 Å². The smallest absolute Gasteiger partial charge is 0.306 e. The third-order valence-corrected chi connectivity index (χ3v) is 11.3. The summed E-state index contributed by atoms with van der Waals surface area (Å²) in [4.78, 5) is 38.1. The summed E-state index contributed by atoms with van der Waals surface area (Å²) in [6.45, 7) is 6.27. The first kappa shape index (κ1) is 63.1. The Morgan fingerprint density at radius 1 is 0.299 bits per heavy atom. The molecule has 0 bridgehead atoms. The second kappa shape index (κ2) is 54.7. The molecule has 0 N–H and O–H groups in total. The summed E-state index contributed by atoms with van der Waals surface area (Å²) < 4.78 is 16.8. The van der Waals surface area contributed by atoms with Crippen LogP contribution in [0.3, 0.4) is 0 Å². The molecule has 380 valence electrons. The summed E-state index contributed by atoms with van der Waals surface area (Å²) in [6, 6.07) is 0. The summed E-state index contributed by atoms with van der Waals surface area (Å²) in [6.07, 6.45) is 73.6. The van der Waals surface area contributed by atoms with E-state index >= 15 is 0 Å². The van der Waals surface area contributed by atoms with Gasteiger partial charge in [-0.15, -0.1) is 0 Å². The molecule has 0 amide bonds. The first-order valence-corrected chi connectivity index (χ1v) is 27.4. The fourth-order valence-electron chi connectivity index (χ4n) is 7.25. The van der Waals surface area contributed by atoms with E-state index in [1.807, 2.05) is 0 Å². The quantitative estimate of drug-likeness (QED) is 0.0262. The zero-order valence-electron chi connectivity index (χ0n) is 43.4. The Morgan fingerprint density at radius 2 is 0.537 bits per heavy atom. The Kier molecular flexibility index (Phi) is 51.5. The Bertz CT molecular complexity index is 1390. The zero-order chi connectivity index (χ0) is 48.6. The fourth-order valence-corrected chi connectivity index (χ4v) is 7.25. The van der Waals surface area contributed by atoms with E-state index in [0.29, 0.717) is 19.3 Å². The van der Waals surface area contributed by atoms with Gasteiger partial charge >= 0.3 is 17.9 Å². The molecular formula is C61H100O6. The highest BCUT2D eigenvalue weighted by Gasteiger charge is 2.19. The van der Waals surface area contributed by atoms with E-state index < -0.39 is 6.10 Å². The van der Waals surface area contributed by atoms with Crippen molar-refractivity contribution in [2.24, 2.45) is 0 Å². The maximum Gasteiger partial charge on any atom is 0.306 e. The third-order valence-electron chi connectivity index (χ3n) is 11.3. The summed E-state index contributed by atoms with van der Waals surface area (Å²) in [7, 11) is 0. The second-order valence-electron chi connectivity index (χ2n) is 17.7. The molecule has 0 aromatic rings. The van der Waals surface area contributed by atoms with Crippen LogP contribution < -0.4 is 0 Å². The van der Waals surface area contributed by atoms with Crippen molar-refractivity contribution in [3.8, 4) is 0 Å². The van der Waals surface area contributed by atoms with E-state index in [2.05, 4.69) is 130 Å². The maximum absolute atomic E-state index is 12.8. The van der Waals surface area contributed by atoms with Crippen LogP contribution in [-0.4, -0.2) is 37.2 Å². The minimum Gasteiger partial charge on any atom is -0.462 e. The molecule has 0 aliphatic rings. The number of carbonyl (C=O) groups excluding carboxylic acids is 3. The molecule has 0 spiro atoms. The number of ether oxygens (including phenoxy) is 3. The average molecular weight is 929 g/mol. The first-order chi connectivity index (χ1) is 33.0. The Labute approximate surface area is 412 Å². The summed E-state index contributed by atoms with van der Waals surface area (Å²) in [5.74, 6) is -0.938. The molecule has 0 saturated carbocycles. The minimum absolute atomic E-state index is 0.0954. The fraction of sp³-hybridized carbons (Fsp3) is 0.656. The molecule has 0 fully saturated rings. The molecule has 6 nitrogen and oxygen atoms in total. The van der Waals surface area contributed by atoms with E-state index in [1.54, 1.807) is 0 Å². The van der Waals surface area contributed by atoms with E-state index in [9.17, 15) is 14.4 Å². The lowest BCUT2D eigenvalue weighted by Gasteiger charge is -2.18. The van der Waals surface area contributed by atoms with Crippen LogP contribution in [0.25, 0.3) is 0 Å². The van der Waals surface area contributed by atoms with Crippen LogP contribution >= 0.6 is 0 Å². The van der Waals surface area contributed by atoms with E-state index in [0.717, 1.165) is 141 Å². The van der Waals surface area contributed by atoms with Gasteiger partial charge in [0.2, 0.25) is 0 Å². The Hall–Kier alpha value is -3.93. The van der Waals surface area contributed by atoms with Crippen LogP contribution in [0, 0.1) is 0 Å². The normalized spacial score (nSPS) is 12.9. The van der Waals surface area contributed by atoms with Crippen molar-refractivity contribution < 1.29 is 28.6 Å². The highest BCUT2D eigenvalue weighted by Crippen LogP contribution is 2.14. The summed E-state index contributed by atoms with van der Waals surface area (Å²) >= 11 is 0. The molecule has 1 atom stereocenters. The number of unbranched alkanes of at least 4 members (excludes halogenated alkanes) is 19. The average Bonchev–Trinajstić information content (AvgIpc) is 3.33. The van der Waals surface area contributed by atoms with Crippen molar-refractivity contribution in [3.63, 3.8) is 0 Å². The van der Waals surface area contributed by atoms with E-state index in [-0.39, 0.29) is 31.1 Å². The van der Waals surface area contributed by atoms with Crippen molar-refractivity contribution in [2.45, 2.75) is 245 Å². The lowest BCUT2D eigenvalue weighted by molar-refractivity contribution is -0.167. The number of rotatable bonds is 48. The van der Waals surface area contributed by atoms with Gasteiger partial charge in [0.05, 0.1) is 0 Å². The minimum atomic E-state index is -0.799. The van der Waals surface area contributed by atoms with E-state index in [4.69, 9.17) is 14.2 Å². The molecule has 0 heterocycles. The van der Waals surface area contributed by atoms with Crippen LogP contribution in [0.1, 0.15) is 239 Å². The van der Waals surface area contributed by atoms with Gasteiger partial charge in [0.1, 0.15) is 13.2 Å². The first-order valence-electron chi connectivity index (χ1n) is 27.4. The SMILES string of the molecule is CC/C=C\C/C=C\C/C=C\CCCCCCCCCCCC(=O)OCC(COC(=O)CCCCCC/C=C\C/C=C\C/C=C\CC)OC(=O)CCCCCCCC/C=C\C/C=C\C/C=C\CC. The zero-order valence-corrected chi connectivity index (χ0v) is 43.4. The number of allylic oxidation sites excluding steroid dienone is 18. The predicted octanol–water partition coefficient (Wildman–Crippen LogP) is 18.3. The summed E-state index contributed by atoms with van der Waals surface area (Å²) in [5.41, 5.74) is 0. The molecule has 0 aromatic carbocycles. The van der Waals surface area contributed by atoms with Crippen LogP contribution in [0.15, 0.2) is 109 Å². The molecule has 0 radical (unpaired) electrons. The molecule has 1 unspecified atom stereocenters. The lowest BCUT2D eigenvalue weighted by Crippen LogP contribution is -2.30. The van der Waals surface area contributed by atoms with Crippen molar-refractivity contribution in [1.82, 2.24) is 0 Å². The second-order valence-corrected chi connectivity index (χ2v) is 17.7. The standard InChI is InChI=1S/C61H100O6/c1-4-7-10-13-16-19-22-25-28-30-31-32-34-36-39-42-45-48-51-54-60(63)66-57-58(56-65-59(62)53-50-47-44-41-38-35-27-24-21-18-15-12-9-6-3)67-61(64)55-52-49-46-43-40-37-33-29-26-23-20-17-14-11-8-5-2/h7-12,16-21,25-29,35,58H,4-6,13-15,22-24,30-34,36-57H2,1-3H3/b10-7-,11-8-,12-9-,19-16-,20-17-,21-18-,28-25-,29-26-,35-27-. The van der Waals surface area contributed by atoms with Crippen molar-refractivity contribution in [3.05, 3.63) is 109 Å². The summed E-state index contributed by atoms with van der Waals surface area (Å²) in [5, 5.41) is 0. The Balaban J connectivity index is 4.44. The molecule has 0 aromatic heterocycles. The van der Waals surface area contributed by atoms with Crippen LogP contribution in [0.4, 0.5) is 0 Å². The van der Waals surface area contributed by atoms with Crippen LogP contribution in [0.2, 0.25) is 0 Å². The lowest BCUT2D eigenvalue weighted by atomic mass is 10.1. The molecule has 0 rings (SSSR count). The van der Waals surface area contributed by atoms with Gasteiger partial charge in [0.15, 0.2) is 6.10 Å². The number of hydrogen-bond acceptors (Lipinski definition) is 6. The van der Waals surface area contributed by atoms with Gasteiger partial charge in [-0.1, -0.05) is 214 Å². The molecule has 0 saturated heterocycles. The van der Waals surface area contributed by atoms with Gasteiger partial charge in [-0.25, -0.2) is 0 Å². The molecule has 0 aliphatic heterocycles. The molecule has 6 heteroatoms. The predicted molar refractivity (Wildman–Crippen MR) is 288 cm³/mol. The molecular weight excluding hydrogens is 829 g/mol. The highest BCUT2D eigenvalue weighted by molar-refractivity contribution is 5.71. The third kappa shape index (κ3) is 52.9. The van der Waals surface area contributed by atoms with Crippen molar-refractivity contribution >= 4 is 17.9 Å².